The summed E-state index contributed by atoms with van der Waals surface area (Å²) in [6.45, 7) is 0.332. The average Bonchev–Trinajstić information content (AvgIpc) is 2.62. The van der Waals surface area contributed by atoms with E-state index in [9.17, 15) is 0 Å². The number of fused-ring (bicyclic) bond motifs is 1. The van der Waals surface area contributed by atoms with E-state index in [1.807, 2.05) is 0 Å². The summed E-state index contributed by atoms with van der Waals surface area (Å²) in [5.41, 5.74) is 6.89. The molecule has 0 aliphatic heterocycles. The van der Waals surface area contributed by atoms with E-state index in [4.69, 9.17) is 38.1 Å². The molecule has 1 unspecified atom stereocenters. The van der Waals surface area contributed by atoms with E-state index >= 15 is 0 Å². The molecule has 0 spiro atoms. The van der Waals surface area contributed by atoms with Gasteiger partial charge in [-0.2, -0.15) is 0 Å². The second-order valence-corrected chi connectivity index (χ2v) is 4.19. The van der Waals surface area contributed by atoms with Crippen LogP contribution in [0.3, 0.4) is 0 Å². The van der Waals surface area contributed by atoms with E-state index in [1.54, 1.807) is 19.2 Å². The number of hydrogen-bond acceptors (Lipinski definition) is 4. The van der Waals surface area contributed by atoms with Gasteiger partial charge < -0.3 is 14.9 Å². The molecule has 1 atom stereocenters. The van der Waals surface area contributed by atoms with Crippen molar-refractivity contribution >= 4 is 34.3 Å². The molecule has 2 rings (SSSR count). The zero-order chi connectivity index (χ0) is 11.7. The van der Waals surface area contributed by atoms with E-state index < -0.39 is 6.04 Å². The van der Waals surface area contributed by atoms with E-state index in [2.05, 4.69) is 4.98 Å². The second-order valence-electron chi connectivity index (χ2n) is 3.35. The highest BCUT2D eigenvalue weighted by molar-refractivity contribution is 6.37. The van der Waals surface area contributed by atoms with Crippen LogP contribution in [0.5, 0.6) is 0 Å². The van der Waals surface area contributed by atoms with Gasteiger partial charge in [-0.25, -0.2) is 4.98 Å². The highest BCUT2D eigenvalue weighted by atomic mass is 35.5. The van der Waals surface area contributed by atoms with Crippen molar-refractivity contribution in [2.45, 2.75) is 6.04 Å². The Balaban J connectivity index is 2.47. The molecule has 1 aromatic heterocycles. The van der Waals surface area contributed by atoms with Crippen molar-refractivity contribution in [1.29, 1.82) is 0 Å². The number of halogens is 2. The van der Waals surface area contributed by atoms with Gasteiger partial charge in [-0.05, 0) is 12.1 Å². The predicted molar refractivity (Wildman–Crippen MR) is 62.8 cm³/mol. The Kier molecular flexibility index (Phi) is 3.35. The van der Waals surface area contributed by atoms with Crippen molar-refractivity contribution < 1.29 is 9.15 Å². The van der Waals surface area contributed by atoms with E-state index in [-0.39, 0.29) is 0 Å². The number of nitrogens with two attached hydrogens (primary N) is 1. The van der Waals surface area contributed by atoms with Crippen molar-refractivity contribution in [2.24, 2.45) is 5.73 Å². The maximum atomic E-state index is 5.97. The minimum atomic E-state index is -0.410. The molecule has 86 valence electrons. The van der Waals surface area contributed by atoms with E-state index in [0.29, 0.717) is 33.6 Å². The smallest absolute Gasteiger partial charge is 0.214 e. The van der Waals surface area contributed by atoms with Crippen LogP contribution >= 0.6 is 23.2 Å². The molecule has 2 aromatic rings. The minimum Gasteiger partial charge on any atom is -0.437 e. The monoisotopic (exact) mass is 260 g/mol. The van der Waals surface area contributed by atoms with Gasteiger partial charge in [-0.3, -0.25) is 0 Å². The highest BCUT2D eigenvalue weighted by Gasteiger charge is 2.15. The van der Waals surface area contributed by atoms with Gasteiger partial charge in [0.25, 0.3) is 0 Å². The Bertz CT molecular complexity index is 513. The van der Waals surface area contributed by atoms with Gasteiger partial charge in [-0.1, -0.05) is 23.2 Å². The molecule has 1 heterocycles. The van der Waals surface area contributed by atoms with Crippen molar-refractivity contribution in [3.8, 4) is 0 Å². The van der Waals surface area contributed by atoms with Crippen LogP contribution in [-0.2, 0) is 4.74 Å². The van der Waals surface area contributed by atoms with Crippen molar-refractivity contribution in [2.75, 3.05) is 13.7 Å². The van der Waals surface area contributed by atoms with E-state index in [1.165, 1.54) is 0 Å². The molecule has 16 heavy (non-hydrogen) atoms. The highest BCUT2D eigenvalue weighted by Crippen LogP contribution is 2.29. The first-order chi connectivity index (χ1) is 7.61. The zero-order valence-corrected chi connectivity index (χ0v) is 10.0. The molecular formula is C10H10Cl2N2O2. The topological polar surface area (TPSA) is 61.3 Å². The first-order valence-corrected chi connectivity index (χ1v) is 5.37. The standard InChI is InChI=1S/C10H10Cl2N2O2/c1-15-4-7(13)10-14-8-3-5(11)2-6(12)9(8)16-10/h2-3,7H,4,13H2,1H3. The molecule has 6 heteroatoms. The molecule has 0 aliphatic rings. The number of oxazole rings is 1. The summed E-state index contributed by atoms with van der Waals surface area (Å²) >= 11 is 11.8. The van der Waals surface area contributed by atoms with Crippen LogP contribution in [0.25, 0.3) is 11.1 Å². The Morgan fingerprint density at radius 1 is 1.50 bits per heavy atom. The fraction of sp³-hybridized carbons (Fsp3) is 0.300. The molecule has 1 aromatic carbocycles. The molecule has 0 saturated heterocycles. The van der Waals surface area contributed by atoms with Gasteiger partial charge in [0.15, 0.2) is 5.58 Å². The maximum Gasteiger partial charge on any atom is 0.214 e. The quantitative estimate of drug-likeness (QED) is 0.922. The Morgan fingerprint density at radius 3 is 2.94 bits per heavy atom. The van der Waals surface area contributed by atoms with Crippen LogP contribution in [-0.4, -0.2) is 18.7 Å². The second kappa shape index (κ2) is 4.59. The fourth-order valence-electron chi connectivity index (χ4n) is 1.39. The van der Waals surface area contributed by atoms with Crippen LogP contribution in [0.15, 0.2) is 16.5 Å². The van der Waals surface area contributed by atoms with Crippen LogP contribution in [0, 0.1) is 0 Å². The van der Waals surface area contributed by atoms with Gasteiger partial charge >= 0.3 is 0 Å². The Hall–Kier alpha value is -0.810. The largest absolute Gasteiger partial charge is 0.437 e. The van der Waals surface area contributed by atoms with Gasteiger partial charge in [-0.15, -0.1) is 0 Å². The summed E-state index contributed by atoms with van der Waals surface area (Å²) < 4.78 is 10.4. The Labute approximate surface area is 102 Å². The molecule has 0 aliphatic carbocycles. The third-order valence-corrected chi connectivity index (χ3v) is 2.59. The van der Waals surface area contributed by atoms with Crippen molar-refractivity contribution in [1.82, 2.24) is 4.98 Å². The minimum absolute atomic E-state index is 0.332. The van der Waals surface area contributed by atoms with Crippen molar-refractivity contribution in [3.63, 3.8) is 0 Å². The summed E-state index contributed by atoms with van der Waals surface area (Å²) in [5.74, 6) is 0.390. The first-order valence-electron chi connectivity index (χ1n) is 4.62. The van der Waals surface area contributed by atoms with Gasteiger partial charge in [0.1, 0.15) is 11.6 Å². The van der Waals surface area contributed by atoms with Crippen LogP contribution < -0.4 is 5.73 Å². The van der Waals surface area contributed by atoms with Gasteiger partial charge in [0, 0.05) is 12.1 Å². The Morgan fingerprint density at radius 2 is 2.25 bits per heavy atom. The number of nitrogens with zero attached hydrogens (tertiary/aromatic N) is 1. The lowest BCUT2D eigenvalue weighted by molar-refractivity contribution is 0.171. The summed E-state index contributed by atoms with van der Waals surface area (Å²) in [5, 5.41) is 0.934. The van der Waals surface area contributed by atoms with Gasteiger partial charge in [0.05, 0.1) is 11.6 Å². The van der Waals surface area contributed by atoms with Crippen LogP contribution in [0.1, 0.15) is 11.9 Å². The average molecular weight is 261 g/mol. The SMILES string of the molecule is COCC(N)c1nc2cc(Cl)cc(Cl)c2o1. The molecular weight excluding hydrogens is 251 g/mol. The molecule has 0 radical (unpaired) electrons. The van der Waals surface area contributed by atoms with Crippen LogP contribution in [0.2, 0.25) is 10.0 Å². The summed E-state index contributed by atoms with van der Waals surface area (Å²) in [6.07, 6.45) is 0. The predicted octanol–water partition coefficient (Wildman–Crippen LogP) is 2.78. The number of aromatic nitrogens is 1. The number of hydrogen-bond donors (Lipinski definition) is 1. The normalized spacial score (nSPS) is 13.2. The van der Waals surface area contributed by atoms with E-state index in [0.717, 1.165) is 0 Å². The molecule has 0 amide bonds. The lowest BCUT2D eigenvalue weighted by atomic mass is 10.3. The fourth-order valence-corrected chi connectivity index (χ4v) is 1.91. The number of rotatable bonds is 3. The first kappa shape index (κ1) is 11.7. The summed E-state index contributed by atoms with van der Waals surface area (Å²) in [7, 11) is 1.56. The molecule has 0 saturated carbocycles. The number of methoxy groups -OCH3 is 1. The lowest BCUT2D eigenvalue weighted by Gasteiger charge is -2.03. The molecule has 0 bridgehead atoms. The number of benzene rings is 1. The summed E-state index contributed by atoms with van der Waals surface area (Å²) in [4.78, 5) is 4.21. The van der Waals surface area contributed by atoms with Gasteiger partial charge in [0.2, 0.25) is 5.89 Å². The third-order valence-electron chi connectivity index (χ3n) is 2.09. The third kappa shape index (κ3) is 2.15. The lowest BCUT2D eigenvalue weighted by Crippen LogP contribution is -2.16. The van der Waals surface area contributed by atoms with Crippen molar-refractivity contribution in [3.05, 3.63) is 28.1 Å². The zero-order valence-electron chi connectivity index (χ0n) is 8.54. The van der Waals surface area contributed by atoms with Crippen LogP contribution in [0.4, 0.5) is 0 Å². The molecule has 0 fully saturated rings. The molecule has 2 N–H and O–H groups in total. The summed E-state index contributed by atoms with van der Waals surface area (Å²) in [6, 6.07) is 2.87. The molecule has 4 nitrogen and oxygen atoms in total. The maximum absolute atomic E-state index is 5.97. The number of ether oxygens (including phenoxy) is 1.